The van der Waals surface area contributed by atoms with E-state index in [1.54, 1.807) is 25.1 Å². The van der Waals surface area contributed by atoms with Crippen LogP contribution in [0, 0.1) is 11.8 Å². The first-order chi connectivity index (χ1) is 50.0. The zero-order valence-electron chi connectivity index (χ0n) is 59.6. The summed E-state index contributed by atoms with van der Waals surface area (Å²) < 4.78 is 84.4. The number of esters is 1. The molecular weight excluding hydrogens is 1350 g/mol. The summed E-state index contributed by atoms with van der Waals surface area (Å²) in [5.74, 6) is -3.48. The maximum Gasteiger partial charge on any atom is 0.343 e. The van der Waals surface area contributed by atoms with Crippen LogP contribution in [-0.4, -0.2) is 264 Å². The molecular formula is C71H103N7O25. The minimum absolute atomic E-state index is 0.00131. The first-order valence-electron chi connectivity index (χ1n) is 35.5. The van der Waals surface area contributed by atoms with Crippen molar-refractivity contribution in [1.82, 2.24) is 30.4 Å². The number of nitrogens with zero attached hydrogens (tertiary/aromatic N) is 3. The second kappa shape index (κ2) is 45.8. The third-order valence-electron chi connectivity index (χ3n) is 17.2. The Labute approximate surface area is 599 Å². The van der Waals surface area contributed by atoms with E-state index < -0.39 is 46.8 Å². The summed E-state index contributed by atoms with van der Waals surface area (Å²) >= 11 is 0. The van der Waals surface area contributed by atoms with Gasteiger partial charge < -0.3 is 102 Å². The smallest absolute Gasteiger partial charge is 0.343 e. The largest absolute Gasteiger partial charge is 0.458 e. The predicted molar refractivity (Wildman–Crippen MR) is 368 cm³/mol. The number of Topliss-reactive ketones (excluding diaryl/α,β-unsaturated/α-hetero) is 2. The molecule has 0 saturated carbocycles. The fraction of sp³-hybridized carbons (Fsp3) is 0.662. The van der Waals surface area contributed by atoms with Gasteiger partial charge >= 0.3 is 5.97 Å². The Morgan fingerprint density at radius 2 is 1.14 bits per heavy atom. The molecule has 5 amide bonds. The maximum atomic E-state index is 14.0. The SMILES string of the molecule is CC[C@@]1(O)C(=O)OCc2c1cc1n(c2=O)Cc2c-1nc1cc3c(cc1c2CCC(=O)CNC(=O)[C@H](CCCCN)CC(=O)[C@@H](NC(=O)CCOCCOCCOCCOCCOCCOCCOCCOCCOCCOCCOCCOCCNC(=O)CCN1C(=O)C=CC1=O)C(C)C)OCO3. The summed E-state index contributed by atoms with van der Waals surface area (Å²) in [4.78, 5) is 122. The second-order valence-electron chi connectivity index (χ2n) is 24.8. The van der Waals surface area contributed by atoms with Gasteiger partial charge in [-0.3, -0.25) is 43.3 Å². The number of amides is 5. The molecule has 0 bridgehead atoms. The molecule has 0 unspecified atom stereocenters. The van der Waals surface area contributed by atoms with Gasteiger partial charge in [-0.2, -0.15) is 0 Å². The van der Waals surface area contributed by atoms with Crippen molar-refractivity contribution in [3.63, 3.8) is 0 Å². The lowest BCUT2D eigenvalue weighted by atomic mass is 9.86. The molecule has 6 N–H and O–H groups in total. The summed E-state index contributed by atoms with van der Waals surface area (Å²) in [5, 5.41) is 20.4. The van der Waals surface area contributed by atoms with Crippen molar-refractivity contribution in [2.75, 3.05) is 192 Å². The molecule has 4 aliphatic heterocycles. The van der Waals surface area contributed by atoms with E-state index >= 15 is 0 Å². The van der Waals surface area contributed by atoms with Crippen LogP contribution in [0.2, 0.25) is 0 Å². The van der Waals surface area contributed by atoms with Crippen molar-refractivity contribution < 1.29 is 115 Å². The Balaban J connectivity index is 0.637. The van der Waals surface area contributed by atoms with E-state index in [1.807, 2.05) is 13.8 Å². The number of ketones is 2. The quantitative estimate of drug-likeness (QED) is 0.0236. The van der Waals surface area contributed by atoms with Crippen molar-refractivity contribution >= 4 is 58.0 Å². The molecule has 3 aromatic rings. The number of carbonyl (C=O) groups is 8. The van der Waals surface area contributed by atoms with Crippen LogP contribution in [0.25, 0.3) is 22.3 Å². The second-order valence-corrected chi connectivity index (χ2v) is 24.8. The number of aryl methyl sites for hydroxylation is 1. The molecule has 4 aliphatic rings. The molecule has 1 aromatic carbocycles. The van der Waals surface area contributed by atoms with E-state index in [0.29, 0.717) is 210 Å². The predicted octanol–water partition coefficient (Wildman–Crippen LogP) is 1.29. The first kappa shape index (κ1) is 83.0. The number of aliphatic hydroxyl groups is 1. The molecule has 7 rings (SSSR count). The molecule has 3 atom stereocenters. The van der Waals surface area contributed by atoms with Gasteiger partial charge in [-0.1, -0.05) is 27.2 Å². The zero-order valence-corrected chi connectivity index (χ0v) is 59.6. The summed E-state index contributed by atoms with van der Waals surface area (Å²) in [5.41, 5.74) is 6.52. The van der Waals surface area contributed by atoms with Crippen LogP contribution in [-0.2, 0) is 125 Å². The Morgan fingerprint density at radius 1 is 0.621 bits per heavy atom. The highest BCUT2D eigenvalue weighted by Gasteiger charge is 2.46. The van der Waals surface area contributed by atoms with Crippen LogP contribution in [0.3, 0.4) is 0 Å². The van der Waals surface area contributed by atoms with Gasteiger partial charge in [-0.05, 0) is 55.8 Å². The van der Waals surface area contributed by atoms with Gasteiger partial charge in [0, 0.05) is 79.4 Å². The third-order valence-corrected chi connectivity index (χ3v) is 17.2. The van der Waals surface area contributed by atoms with Gasteiger partial charge in [0.05, 0.1) is 200 Å². The number of nitrogens with one attached hydrogen (secondary N) is 3. The van der Waals surface area contributed by atoms with Crippen LogP contribution in [0.4, 0.5) is 0 Å². The molecule has 0 fully saturated rings. The third kappa shape index (κ3) is 27.0. The minimum Gasteiger partial charge on any atom is -0.458 e. The first-order valence-corrected chi connectivity index (χ1v) is 35.5. The van der Waals surface area contributed by atoms with Crippen LogP contribution < -0.4 is 36.7 Å². The van der Waals surface area contributed by atoms with Crippen molar-refractivity contribution in [3.05, 3.63) is 63.0 Å². The summed E-state index contributed by atoms with van der Waals surface area (Å²) in [6, 6.07) is 4.29. The number of imide groups is 1. The number of cyclic esters (lactones) is 1. The fourth-order valence-corrected chi connectivity index (χ4v) is 11.5. The number of hydrogen-bond acceptors (Lipinski definition) is 27. The summed E-state index contributed by atoms with van der Waals surface area (Å²) in [6.45, 7) is 14.6. The monoisotopic (exact) mass is 1450 g/mol. The number of carbonyl (C=O) groups excluding carboxylic acids is 8. The number of unbranched alkanes of at least 4 members (excludes halogenated alkanes) is 1. The number of hydrogen-bond donors (Lipinski definition) is 5. The van der Waals surface area contributed by atoms with Gasteiger partial charge in [0.1, 0.15) is 6.61 Å². The molecule has 103 heavy (non-hydrogen) atoms. The Morgan fingerprint density at radius 3 is 1.65 bits per heavy atom. The lowest BCUT2D eigenvalue weighted by molar-refractivity contribution is -0.172. The Kier molecular flexibility index (Phi) is 36.9. The highest BCUT2D eigenvalue weighted by Crippen LogP contribution is 2.43. The molecule has 0 spiro atoms. The Bertz CT molecular complexity index is 3310. The van der Waals surface area contributed by atoms with Crippen LogP contribution in [0.1, 0.15) is 94.4 Å². The van der Waals surface area contributed by atoms with Crippen molar-refractivity contribution in [2.24, 2.45) is 17.6 Å². The lowest BCUT2D eigenvalue weighted by Crippen LogP contribution is -2.46. The number of nitrogens with two attached hydrogens (primary N) is 1. The summed E-state index contributed by atoms with van der Waals surface area (Å²) in [7, 11) is 0. The van der Waals surface area contributed by atoms with Gasteiger partial charge in [-0.15, -0.1) is 0 Å². The van der Waals surface area contributed by atoms with E-state index in [-0.39, 0.29) is 132 Å². The van der Waals surface area contributed by atoms with E-state index in [4.69, 9.17) is 81.8 Å². The average Bonchev–Trinajstić information content (AvgIpc) is 1.60. The number of fused-ring (bicyclic) bond motifs is 6. The normalized spacial score (nSPS) is 15.6. The maximum absolute atomic E-state index is 14.0. The van der Waals surface area contributed by atoms with Gasteiger partial charge in [0.25, 0.3) is 17.4 Å². The molecule has 0 aliphatic carbocycles. The lowest BCUT2D eigenvalue weighted by Gasteiger charge is -2.31. The fourth-order valence-electron chi connectivity index (χ4n) is 11.5. The molecule has 32 heteroatoms. The highest BCUT2D eigenvalue weighted by molar-refractivity contribution is 6.13. The van der Waals surface area contributed by atoms with Crippen molar-refractivity contribution in [3.8, 4) is 22.9 Å². The Hall–Kier alpha value is -7.28. The van der Waals surface area contributed by atoms with Crippen LogP contribution in [0.15, 0.2) is 35.1 Å². The van der Waals surface area contributed by atoms with Crippen LogP contribution >= 0.6 is 0 Å². The van der Waals surface area contributed by atoms with Gasteiger partial charge in [-0.25, -0.2) is 9.78 Å². The average molecular weight is 1450 g/mol. The van der Waals surface area contributed by atoms with E-state index in [1.165, 1.54) is 16.7 Å². The number of aromatic nitrogens is 2. The molecule has 32 nitrogen and oxygen atoms in total. The number of pyridine rings is 2. The number of ether oxygens (including phenoxy) is 15. The molecule has 0 saturated heterocycles. The van der Waals surface area contributed by atoms with E-state index in [2.05, 4.69) is 16.0 Å². The van der Waals surface area contributed by atoms with E-state index in [0.717, 1.165) is 10.5 Å². The molecule has 572 valence electrons. The highest BCUT2D eigenvalue weighted by atomic mass is 16.7. The van der Waals surface area contributed by atoms with E-state index in [9.17, 15) is 48.3 Å². The van der Waals surface area contributed by atoms with Crippen molar-refractivity contribution in [2.45, 2.75) is 103 Å². The van der Waals surface area contributed by atoms with Crippen LogP contribution in [0.5, 0.6) is 11.5 Å². The topological polar surface area (TPSA) is 395 Å². The number of benzene rings is 1. The molecule has 0 radical (unpaired) electrons. The zero-order chi connectivity index (χ0) is 73.6. The molecule has 2 aromatic heterocycles. The minimum atomic E-state index is -2.01. The molecule has 6 heterocycles. The van der Waals surface area contributed by atoms with Gasteiger partial charge in [0.2, 0.25) is 24.5 Å². The standard InChI is InChI=1S/C71H103N7O25/c1-4-71(88)56-43-58-67-54(46-78(58)69(86)55(56)47-101-70(71)87)52(53-42-60-61(103-48-102-60)44-57(53)75-67)9-8-51(79)45-74-68(85)50(7-5-6-14-72)41-59(80)66(49(2)3)76-63(82)13-17-89-19-21-91-23-25-93-27-29-95-31-33-97-35-37-99-39-40-100-38-36-98-34-32-96-30-28-94-26-24-92-22-20-90-18-15-73-62(81)12-16-77-64(83)10-11-65(77)84/h10-11,42-44,49-50,66,88H,4-9,12-41,45-48,72H2,1-3H3,(H,73,81)(H,74,85)(H,76,82)/t50-,66+,71+/m1/s1. The van der Waals surface area contributed by atoms with Gasteiger partial charge in [0.15, 0.2) is 28.7 Å². The van der Waals surface area contributed by atoms with Crippen molar-refractivity contribution in [1.29, 1.82) is 0 Å². The summed E-state index contributed by atoms with van der Waals surface area (Å²) in [6.07, 6.45) is 3.94. The number of rotatable bonds is 58.